The zero-order valence-electron chi connectivity index (χ0n) is 13.6. The van der Waals surface area contributed by atoms with Gasteiger partial charge >= 0.3 is 5.97 Å². The van der Waals surface area contributed by atoms with E-state index >= 15 is 0 Å². The van der Waals surface area contributed by atoms with Gasteiger partial charge in [0.15, 0.2) is 0 Å². The number of nitrogens with two attached hydrogens (primary N) is 1. The van der Waals surface area contributed by atoms with E-state index < -0.39 is 11.6 Å². The Balaban J connectivity index is 2.98. The van der Waals surface area contributed by atoms with Gasteiger partial charge in [0.05, 0.1) is 12.8 Å². The molecule has 3 N–H and O–H groups in total. The molecule has 1 atom stereocenters. The molecule has 1 heterocycles. The first kappa shape index (κ1) is 17.1. The van der Waals surface area contributed by atoms with Crippen LogP contribution in [0.2, 0.25) is 0 Å². The van der Waals surface area contributed by atoms with Crippen molar-refractivity contribution in [3.63, 3.8) is 0 Å². The van der Waals surface area contributed by atoms with Crippen LogP contribution in [0.15, 0.2) is 12.1 Å². The highest BCUT2D eigenvalue weighted by Gasteiger charge is 2.24. The van der Waals surface area contributed by atoms with Crippen LogP contribution >= 0.6 is 0 Å². The SMILES string of the molecule is COC(=O)C(Nc1ccc(N)c(OC(C)(C)C)n1)C(C)C. The summed E-state index contributed by atoms with van der Waals surface area (Å²) < 4.78 is 10.5. The Hall–Kier alpha value is -1.98. The molecule has 6 nitrogen and oxygen atoms in total. The Labute approximate surface area is 126 Å². The quantitative estimate of drug-likeness (QED) is 0.811. The lowest BCUT2D eigenvalue weighted by Crippen LogP contribution is -2.35. The second kappa shape index (κ2) is 6.65. The van der Waals surface area contributed by atoms with Crippen molar-refractivity contribution in [2.75, 3.05) is 18.2 Å². The van der Waals surface area contributed by atoms with Crippen LogP contribution < -0.4 is 15.8 Å². The summed E-state index contributed by atoms with van der Waals surface area (Å²) >= 11 is 0. The molecular weight excluding hydrogens is 270 g/mol. The van der Waals surface area contributed by atoms with Crippen molar-refractivity contribution >= 4 is 17.5 Å². The minimum absolute atomic E-state index is 0.0591. The number of hydrogen-bond acceptors (Lipinski definition) is 6. The number of esters is 1. The number of nitrogen functional groups attached to an aromatic ring is 1. The fourth-order valence-corrected chi connectivity index (χ4v) is 1.69. The van der Waals surface area contributed by atoms with Gasteiger partial charge in [-0.1, -0.05) is 13.8 Å². The average molecular weight is 295 g/mol. The number of nitrogens with zero attached hydrogens (tertiary/aromatic N) is 1. The van der Waals surface area contributed by atoms with E-state index in [4.69, 9.17) is 15.2 Å². The standard InChI is InChI=1S/C15H25N3O3/c1-9(2)12(14(19)20-6)17-11-8-7-10(16)13(18-11)21-15(3,4)5/h7-9,12H,16H2,1-6H3,(H,17,18). The lowest BCUT2D eigenvalue weighted by atomic mass is 10.0. The third kappa shape index (κ3) is 5.13. The minimum atomic E-state index is -0.478. The molecule has 0 bridgehead atoms. The predicted molar refractivity (Wildman–Crippen MR) is 83.3 cm³/mol. The molecular formula is C15H25N3O3. The number of carbonyl (C=O) groups excluding carboxylic acids is 1. The highest BCUT2D eigenvalue weighted by Crippen LogP contribution is 2.25. The van der Waals surface area contributed by atoms with Crippen molar-refractivity contribution in [3.05, 3.63) is 12.1 Å². The van der Waals surface area contributed by atoms with Crippen LogP contribution in [0.1, 0.15) is 34.6 Å². The lowest BCUT2D eigenvalue weighted by molar-refractivity contribution is -0.142. The van der Waals surface area contributed by atoms with Crippen molar-refractivity contribution < 1.29 is 14.3 Å². The summed E-state index contributed by atoms with van der Waals surface area (Å²) in [5, 5.41) is 3.06. The van der Waals surface area contributed by atoms with Crippen molar-refractivity contribution in [1.29, 1.82) is 0 Å². The zero-order chi connectivity index (χ0) is 16.2. The number of pyridine rings is 1. The molecule has 0 amide bonds. The fourth-order valence-electron chi connectivity index (χ4n) is 1.69. The number of aromatic nitrogens is 1. The van der Waals surface area contributed by atoms with Crippen LogP contribution in [0.3, 0.4) is 0 Å². The van der Waals surface area contributed by atoms with Crippen molar-refractivity contribution in [2.45, 2.75) is 46.3 Å². The van der Waals surface area contributed by atoms with Crippen LogP contribution in [0.4, 0.5) is 11.5 Å². The fraction of sp³-hybridized carbons (Fsp3) is 0.600. The molecule has 0 saturated heterocycles. The molecule has 0 aliphatic rings. The molecule has 1 unspecified atom stereocenters. The summed E-state index contributed by atoms with van der Waals surface area (Å²) in [6.45, 7) is 9.61. The lowest BCUT2D eigenvalue weighted by Gasteiger charge is -2.23. The van der Waals surface area contributed by atoms with E-state index in [1.807, 2.05) is 34.6 Å². The molecule has 0 fully saturated rings. The number of ether oxygens (including phenoxy) is 2. The van der Waals surface area contributed by atoms with Crippen LogP contribution in [0.5, 0.6) is 5.88 Å². The monoisotopic (exact) mass is 295 g/mol. The van der Waals surface area contributed by atoms with E-state index in [9.17, 15) is 4.79 Å². The smallest absolute Gasteiger partial charge is 0.328 e. The molecule has 0 aromatic carbocycles. The number of hydrogen-bond donors (Lipinski definition) is 2. The summed E-state index contributed by atoms with van der Waals surface area (Å²) in [4.78, 5) is 16.1. The molecule has 0 saturated carbocycles. The van der Waals surface area contributed by atoms with Gasteiger partial charge in [0.2, 0.25) is 5.88 Å². The summed E-state index contributed by atoms with van der Waals surface area (Å²) in [6, 6.07) is 2.93. The molecule has 0 radical (unpaired) electrons. The Kier molecular flexibility index (Phi) is 5.41. The van der Waals surface area contributed by atoms with Crippen molar-refractivity contribution in [3.8, 4) is 5.88 Å². The van der Waals surface area contributed by atoms with E-state index in [0.717, 1.165) is 0 Å². The summed E-state index contributed by atoms with van der Waals surface area (Å²) in [6.07, 6.45) is 0. The molecule has 0 aliphatic heterocycles. The van der Waals surface area contributed by atoms with Gasteiger partial charge in [-0.25, -0.2) is 4.79 Å². The first-order chi connectivity index (χ1) is 9.64. The van der Waals surface area contributed by atoms with Crippen LogP contribution in [-0.2, 0) is 9.53 Å². The summed E-state index contributed by atoms with van der Waals surface area (Å²) in [7, 11) is 1.37. The van der Waals surface area contributed by atoms with Gasteiger partial charge < -0.3 is 20.5 Å². The van der Waals surface area contributed by atoms with E-state index in [1.165, 1.54) is 7.11 Å². The number of carbonyl (C=O) groups is 1. The van der Waals surface area contributed by atoms with Gasteiger partial charge in [-0.2, -0.15) is 4.98 Å². The van der Waals surface area contributed by atoms with Gasteiger partial charge in [-0.15, -0.1) is 0 Å². The summed E-state index contributed by atoms with van der Waals surface area (Å²) in [5.74, 6) is 0.595. The minimum Gasteiger partial charge on any atom is -0.470 e. The molecule has 0 aliphatic carbocycles. The number of anilines is 2. The van der Waals surface area contributed by atoms with Crippen molar-refractivity contribution in [1.82, 2.24) is 4.98 Å². The first-order valence-electron chi connectivity index (χ1n) is 6.94. The summed E-state index contributed by atoms with van der Waals surface area (Å²) in [5.41, 5.74) is 5.92. The molecule has 1 aromatic rings. The zero-order valence-corrected chi connectivity index (χ0v) is 13.6. The Morgan fingerprint density at radius 1 is 1.33 bits per heavy atom. The van der Waals surface area contributed by atoms with Gasteiger partial charge in [-0.3, -0.25) is 0 Å². The normalized spacial score (nSPS) is 12.9. The average Bonchev–Trinajstić information content (AvgIpc) is 2.36. The maximum atomic E-state index is 11.8. The van der Waals surface area contributed by atoms with Gasteiger partial charge in [0, 0.05) is 0 Å². The van der Waals surface area contributed by atoms with E-state index in [0.29, 0.717) is 17.4 Å². The van der Waals surface area contributed by atoms with E-state index in [1.54, 1.807) is 12.1 Å². The maximum Gasteiger partial charge on any atom is 0.328 e. The third-order valence-corrected chi connectivity index (χ3v) is 2.72. The van der Waals surface area contributed by atoms with E-state index in [2.05, 4.69) is 10.3 Å². The number of methoxy groups -OCH3 is 1. The van der Waals surface area contributed by atoms with Crippen LogP contribution in [0.25, 0.3) is 0 Å². The van der Waals surface area contributed by atoms with Gasteiger partial charge in [-0.05, 0) is 38.8 Å². The van der Waals surface area contributed by atoms with E-state index in [-0.39, 0.29) is 11.9 Å². The van der Waals surface area contributed by atoms with Crippen LogP contribution in [0, 0.1) is 5.92 Å². The van der Waals surface area contributed by atoms with Crippen LogP contribution in [-0.4, -0.2) is 29.7 Å². The number of rotatable bonds is 5. The molecule has 118 valence electrons. The van der Waals surface area contributed by atoms with Gasteiger partial charge in [0.25, 0.3) is 0 Å². The molecule has 1 rings (SSSR count). The third-order valence-electron chi connectivity index (χ3n) is 2.72. The highest BCUT2D eigenvalue weighted by molar-refractivity contribution is 5.79. The largest absolute Gasteiger partial charge is 0.470 e. The molecule has 6 heteroatoms. The van der Waals surface area contributed by atoms with Gasteiger partial charge in [0.1, 0.15) is 17.5 Å². The molecule has 21 heavy (non-hydrogen) atoms. The Morgan fingerprint density at radius 3 is 2.43 bits per heavy atom. The first-order valence-corrected chi connectivity index (χ1v) is 6.94. The molecule has 0 spiro atoms. The Bertz CT molecular complexity index is 495. The second-order valence-corrected chi connectivity index (χ2v) is 6.19. The second-order valence-electron chi connectivity index (χ2n) is 6.19. The number of nitrogens with one attached hydrogen (secondary N) is 1. The highest BCUT2D eigenvalue weighted by atomic mass is 16.5. The molecule has 1 aromatic heterocycles. The predicted octanol–water partition coefficient (Wildman–Crippen LogP) is 2.45. The topological polar surface area (TPSA) is 86.5 Å². The Morgan fingerprint density at radius 2 is 1.95 bits per heavy atom. The maximum absolute atomic E-state index is 11.8. The van der Waals surface area contributed by atoms with Crippen molar-refractivity contribution in [2.24, 2.45) is 5.92 Å².